The number of anilines is 1. The molecule has 0 bridgehead atoms. The van der Waals surface area contributed by atoms with Gasteiger partial charge in [-0.25, -0.2) is 22.6 Å². The van der Waals surface area contributed by atoms with Crippen molar-refractivity contribution < 1.29 is 17.2 Å². The number of fused-ring (bicyclic) bond motifs is 2. The summed E-state index contributed by atoms with van der Waals surface area (Å²) in [5.74, 6) is -1.80. The fourth-order valence-corrected chi connectivity index (χ4v) is 5.57. The summed E-state index contributed by atoms with van der Waals surface area (Å²) in [6, 6.07) is 10.2. The van der Waals surface area contributed by atoms with Crippen LogP contribution >= 0.6 is 11.6 Å². The molecule has 34 heavy (non-hydrogen) atoms. The molecule has 1 atom stereocenters. The predicted octanol–water partition coefficient (Wildman–Crippen LogP) is 3.84. The number of hydrogen-bond donors (Lipinski definition) is 2. The lowest BCUT2D eigenvalue weighted by Crippen LogP contribution is -2.27. The first kappa shape index (κ1) is 22.6. The van der Waals surface area contributed by atoms with E-state index in [2.05, 4.69) is 21.1 Å². The fraction of sp³-hybridized carbons (Fsp3) is 0.217. The third-order valence-electron chi connectivity index (χ3n) is 5.94. The predicted molar refractivity (Wildman–Crippen MR) is 126 cm³/mol. The number of benzene rings is 2. The van der Waals surface area contributed by atoms with E-state index in [1.807, 2.05) is 19.1 Å². The topological polar surface area (TPSA) is 106 Å². The Labute approximate surface area is 199 Å². The largest absolute Gasteiger partial charge is 0.420 e. The average molecular weight is 503 g/mol. The van der Waals surface area contributed by atoms with Crippen LogP contribution in [0.3, 0.4) is 0 Å². The van der Waals surface area contributed by atoms with Crippen LogP contribution in [0.4, 0.5) is 10.2 Å². The Kier molecular flexibility index (Phi) is 5.67. The highest BCUT2D eigenvalue weighted by Crippen LogP contribution is 2.30. The molecule has 1 aliphatic rings. The Balaban J connectivity index is 1.58. The second-order valence-electron chi connectivity index (χ2n) is 8.04. The smallest absolute Gasteiger partial charge is 0.408 e. The Bertz CT molecular complexity index is 1580. The standard InChI is InChI=1S/C23H20ClFN4O4S/c1-13(16-4-2-3-14-5-7-26-12-17(14)16)29-19-10-18(25)21(11-20(19)33-23(29)30)34(31,32)28-22-9-15(24)6-8-27-22/h2-4,6,8-11,13,26H,5,7,12H2,1H3,(H,27,28)/t13-/m1/s1. The van der Waals surface area contributed by atoms with Crippen LogP contribution in [0.2, 0.25) is 5.02 Å². The normalized spacial score (nSPS) is 14.7. The molecule has 0 spiro atoms. The molecule has 0 unspecified atom stereocenters. The molecule has 2 aromatic carbocycles. The monoisotopic (exact) mass is 502 g/mol. The Hall–Kier alpha value is -3.21. The van der Waals surface area contributed by atoms with E-state index in [4.69, 9.17) is 16.0 Å². The zero-order chi connectivity index (χ0) is 24.0. The van der Waals surface area contributed by atoms with Crippen molar-refractivity contribution in [2.45, 2.75) is 30.8 Å². The van der Waals surface area contributed by atoms with Crippen LogP contribution in [0.25, 0.3) is 11.1 Å². The summed E-state index contributed by atoms with van der Waals surface area (Å²) in [5.41, 5.74) is 3.33. The Morgan fingerprint density at radius 1 is 1.26 bits per heavy atom. The van der Waals surface area contributed by atoms with Gasteiger partial charge >= 0.3 is 5.76 Å². The molecule has 0 saturated carbocycles. The minimum Gasteiger partial charge on any atom is -0.408 e. The number of halogens is 2. The molecule has 8 nitrogen and oxygen atoms in total. The van der Waals surface area contributed by atoms with Gasteiger partial charge < -0.3 is 9.73 Å². The van der Waals surface area contributed by atoms with Gasteiger partial charge in [-0.05, 0) is 42.6 Å². The molecule has 176 valence electrons. The molecule has 3 heterocycles. The van der Waals surface area contributed by atoms with Gasteiger partial charge in [0.15, 0.2) is 5.58 Å². The summed E-state index contributed by atoms with van der Waals surface area (Å²) in [6.07, 6.45) is 2.19. The Morgan fingerprint density at radius 3 is 2.88 bits per heavy atom. The number of sulfonamides is 1. The van der Waals surface area contributed by atoms with Crippen molar-refractivity contribution in [1.29, 1.82) is 0 Å². The summed E-state index contributed by atoms with van der Waals surface area (Å²) < 4.78 is 49.6. The van der Waals surface area contributed by atoms with Gasteiger partial charge in [0.1, 0.15) is 16.5 Å². The van der Waals surface area contributed by atoms with E-state index in [0.717, 1.165) is 36.2 Å². The van der Waals surface area contributed by atoms with Crippen molar-refractivity contribution in [2.75, 3.05) is 11.3 Å². The molecule has 2 N–H and O–H groups in total. The first-order valence-corrected chi connectivity index (χ1v) is 12.4. The molecule has 0 fully saturated rings. The maximum Gasteiger partial charge on any atom is 0.420 e. The van der Waals surface area contributed by atoms with Crippen LogP contribution in [-0.4, -0.2) is 24.5 Å². The second kappa shape index (κ2) is 8.53. The lowest BCUT2D eigenvalue weighted by molar-refractivity contribution is 0.486. The molecule has 2 aromatic heterocycles. The fourth-order valence-electron chi connectivity index (χ4n) is 4.33. The zero-order valence-electron chi connectivity index (χ0n) is 18.0. The van der Waals surface area contributed by atoms with E-state index < -0.39 is 32.5 Å². The van der Waals surface area contributed by atoms with Gasteiger partial charge in [0.2, 0.25) is 0 Å². The van der Waals surface area contributed by atoms with Crippen LogP contribution in [0.5, 0.6) is 0 Å². The first-order valence-electron chi connectivity index (χ1n) is 10.5. The number of rotatable bonds is 5. The molecular formula is C23H20ClFN4O4S. The summed E-state index contributed by atoms with van der Waals surface area (Å²) in [6.45, 7) is 3.37. The van der Waals surface area contributed by atoms with E-state index in [9.17, 15) is 13.2 Å². The van der Waals surface area contributed by atoms with Gasteiger partial charge in [0, 0.05) is 36.0 Å². The van der Waals surface area contributed by atoms with Gasteiger partial charge in [0.25, 0.3) is 10.0 Å². The van der Waals surface area contributed by atoms with Crippen molar-refractivity contribution in [3.63, 3.8) is 0 Å². The first-order chi connectivity index (χ1) is 16.2. The van der Waals surface area contributed by atoms with Gasteiger partial charge in [-0.1, -0.05) is 29.8 Å². The van der Waals surface area contributed by atoms with Crippen LogP contribution in [0, 0.1) is 5.82 Å². The van der Waals surface area contributed by atoms with E-state index in [-0.39, 0.29) is 21.9 Å². The van der Waals surface area contributed by atoms with Gasteiger partial charge in [0.05, 0.1) is 11.6 Å². The SMILES string of the molecule is C[C@H](c1cccc2c1CNCC2)n1c(=O)oc2cc(S(=O)(=O)Nc3cc(Cl)ccn3)c(F)cc21. The van der Waals surface area contributed by atoms with Crippen LogP contribution < -0.4 is 15.8 Å². The lowest BCUT2D eigenvalue weighted by Gasteiger charge is -2.24. The van der Waals surface area contributed by atoms with E-state index in [1.54, 1.807) is 0 Å². The third-order valence-corrected chi connectivity index (χ3v) is 7.54. The van der Waals surface area contributed by atoms with Crippen molar-refractivity contribution in [2.24, 2.45) is 0 Å². The maximum atomic E-state index is 15.1. The summed E-state index contributed by atoms with van der Waals surface area (Å²) in [7, 11) is -4.37. The molecule has 0 aliphatic carbocycles. The summed E-state index contributed by atoms with van der Waals surface area (Å²) >= 11 is 5.87. The van der Waals surface area contributed by atoms with Crippen molar-refractivity contribution in [1.82, 2.24) is 14.9 Å². The molecule has 11 heteroatoms. The van der Waals surface area contributed by atoms with Crippen LogP contribution in [0.15, 0.2) is 62.8 Å². The number of nitrogens with one attached hydrogen (secondary N) is 2. The van der Waals surface area contributed by atoms with E-state index in [0.29, 0.717) is 6.54 Å². The number of pyridine rings is 1. The molecular weight excluding hydrogens is 483 g/mol. The molecule has 0 radical (unpaired) electrons. The van der Waals surface area contributed by atoms with Crippen molar-refractivity contribution >= 4 is 38.5 Å². The molecule has 5 rings (SSSR count). The van der Waals surface area contributed by atoms with Crippen molar-refractivity contribution in [3.8, 4) is 0 Å². The zero-order valence-corrected chi connectivity index (χ0v) is 19.6. The molecule has 0 saturated heterocycles. The Morgan fingerprint density at radius 2 is 2.09 bits per heavy atom. The van der Waals surface area contributed by atoms with E-state index >= 15 is 4.39 Å². The van der Waals surface area contributed by atoms with Crippen LogP contribution in [-0.2, 0) is 23.0 Å². The van der Waals surface area contributed by atoms with E-state index in [1.165, 1.54) is 28.5 Å². The number of hydrogen-bond acceptors (Lipinski definition) is 6. The molecule has 0 amide bonds. The van der Waals surface area contributed by atoms with Crippen LogP contribution in [0.1, 0.15) is 29.7 Å². The number of aromatic nitrogens is 2. The summed E-state index contributed by atoms with van der Waals surface area (Å²) in [4.78, 5) is 16.0. The highest BCUT2D eigenvalue weighted by Gasteiger charge is 2.26. The highest BCUT2D eigenvalue weighted by atomic mass is 35.5. The quantitative estimate of drug-likeness (QED) is 0.429. The molecule has 1 aliphatic heterocycles. The van der Waals surface area contributed by atoms with Gasteiger partial charge in [-0.15, -0.1) is 0 Å². The number of oxazole rings is 1. The second-order valence-corrected chi connectivity index (χ2v) is 10.1. The third kappa shape index (κ3) is 3.97. The minimum atomic E-state index is -4.37. The maximum absolute atomic E-state index is 15.1. The van der Waals surface area contributed by atoms with Gasteiger partial charge in [-0.3, -0.25) is 9.29 Å². The lowest BCUT2D eigenvalue weighted by atomic mass is 9.92. The summed E-state index contributed by atoms with van der Waals surface area (Å²) in [5, 5.41) is 3.59. The molecule has 4 aromatic rings. The average Bonchev–Trinajstić information content (AvgIpc) is 3.12. The van der Waals surface area contributed by atoms with Crippen molar-refractivity contribution in [3.05, 3.63) is 86.7 Å². The van der Waals surface area contributed by atoms with Gasteiger partial charge in [-0.2, -0.15) is 0 Å². The number of nitrogens with zero attached hydrogens (tertiary/aromatic N) is 2. The minimum absolute atomic E-state index is 0.0411. The highest BCUT2D eigenvalue weighted by molar-refractivity contribution is 7.92.